The SMILES string of the molecule is CC[C@@H](C)COC(=O)Nc1ccn(C)n1. The second-order valence-electron chi connectivity index (χ2n) is 3.61. The fourth-order valence-corrected chi connectivity index (χ4v) is 0.958. The summed E-state index contributed by atoms with van der Waals surface area (Å²) in [4.78, 5) is 11.3. The molecule has 0 saturated carbocycles. The second-order valence-corrected chi connectivity index (χ2v) is 3.61. The van der Waals surface area contributed by atoms with Crippen molar-refractivity contribution in [2.24, 2.45) is 13.0 Å². The Hall–Kier alpha value is -1.52. The van der Waals surface area contributed by atoms with Crippen molar-refractivity contribution in [1.82, 2.24) is 9.78 Å². The van der Waals surface area contributed by atoms with E-state index < -0.39 is 6.09 Å². The number of anilines is 1. The number of aromatic nitrogens is 2. The molecule has 1 atom stereocenters. The average molecular weight is 211 g/mol. The van der Waals surface area contributed by atoms with Gasteiger partial charge >= 0.3 is 6.09 Å². The van der Waals surface area contributed by atoms with E-state index in [2.05, 4.69) is 17.3 Å². The molecule has 1 amide bonds. The molecule has 0 aliphatic rings. The van der Waals surface area contributed by atoms with Gasteiger partial charge in [0, 0.05) is 19.3 Å². The van der Waals surface area contributed by atoms with E-state index in [9.17, 15) is 4.79 Å². The summed E-state index contributed by atoms with van der Waals surface area (Å²) in [5.41, 5.74) is 0. The maximum atomic E-state index is 11.3. The third-order valence-corrected chi connectivity index (χ3v) is 2.14. The van der Waals surface area contributed by atoms with E-state index in [1.807, 2.05) is 6.92 Å². The zero-order chi connectivity index (χ0) is 11.3. The molecule has 0 aliphatic carbocycles. The number of amides is 1. The first-order valence-electron chi connectivity index (χ1n) is 5.05. The molecule has 0 aromatic carbocycles. The van der Waals surface area contributed by atoms with Crippen LogP contribution >= 0.6 is 0 Å². The van der Waals surface area contributed by atoms with E-state index in [0.29, 0.717) is 18.3 Å². The lowest BCUT2D eigenvalue weighted by Gasteiger charge is -2.09. The summed E-state index contributed by atoms with van der Waals surface area (Å²) < 4.78 is 6.62. The summed E-state index contributed by atoms with van der Waals surface area (Å²) >= 11 is 0. The van der Waals surface area contributed by atoms with Crippen molar-refractivity contribution in [3.05, 3.63) is 12.3 Å². The van der Waals surface area contributed by atoms with Crippen LogP contribution in [0.2, 0.25) is 0 Å². The molecule has 1 aromatic rings. The summed E-state index contributed by atoms with van der Waals surface area (Å²) in [5.74, 6) is 0.895. The molecular weight excluding hydrogens is 194 g/mol. The quantitative estimate of drug-likeness (QED) is 0.828. The van der Waals surface area contributed by atoms with Gasteiger partial charge in [0.15, 0.2) is 5.82 Å². The molecule has 1 N–H and O–H groups in total. The van der Waals surface area contributed by atoms with Gasteiger partial charge in [-0.25, -0.2) is 4.79 Å². The summed E-state index contributed by atoms with van der Waals surface area (Å²) in [5, 5.41) is 6.55. The molecule has 5 nitrogen and oxygen atoms in total. The molecule has 0 unspecified atom stereocenters. The third-order valence-electron chi connectivity index (χ3n) is 2.14. The van der Waals surface area contributed by atoms with E-state index in [-0.39, 0.29) is 0 Å². The Kier molecular flexibility index (Phi) is 4.15. The molecule has 0 aliphatic heterocycles. The lowest BCUT2D eigenvalue weighted by Crippen LogP contribution is -2.17. The van der Waals surface area contributed by atoms with E-state index >= 15 is 0 Å². The summed E-state index contributed by atoms with van der Waals surface area (Å²) in [6.07, 6.45) is 2.30. The van der Waals surface area contributed by atoms with Crippen LogP contribution in [-0.4, -0.2) is 22.5 Å². The van der Waals surface area contributed by atoms with Crippen molar-refractivity contribution < 1.29 is 9.53 Å². The van der Waals surface area contributed by atoms with Gasteiger partial charge < -0.3 is 4.74 Å². The van der Waals surface area contributed by atoms with E-state index in [0.717, 1.165) is 6.42 Å². The molecule has 0 saturated heterocycles. The molecule has 5 heteroatoms. The fraction of sp³-hybridized carbons (Fsp3) is 0.600. The molecule has 1 rings (SSSR count). The Morgan fingerprint density at radius 3 is 3.00 bits per heavy atom. The first kappa shape index (κ1) is 11.6. The number of rotatable bonds is 4. The Morgan fingerprint density at radius 1 is 1.73 bits per heavy atom. The molecule has 0 radical (unpaired) electrons. The van der Waals surface area contributed by atoms with Gasteiger partial charge in [-0.1, -0.05) is 20.3 Å². The first-order valence-corrected chi connectivity index (χ1v) is 5.05. The number of carbonyl (C=O) groups excluding carboxylic acids is 1. The van der Waals surface area contributed by atoms with Crippen LogP contribution < -0.4 is 5.32 Å². The van der Waals surface area contributed by atoms with Crippen molar-refractivity contribution in [3.63, 3.8) is 0 Å². The summed E-state index contributed by atoms with van der Waals surface area (Å²) in [6, 6.07) is 1.71. The van der Waals surface area contributed by atoms with Crippen molar-refractivity contribution in [3.8, 4) is 0 Å². The highest BCUT2D eigenvalue weighted by atomic mass is 16.5. The lowest BCUT2D eigenvalue weighted by atomic mass is 10.1. The lowest BCUT2D eigenvalue weighted by molar-refractivity contribution is 0.143. The molecule has 15 heavy (non-hydrogen) atoms. The van der Waals surface area contributed by atoms with Crippen LogP contribution in [0.3, 0.4) is 0 Å². The monoisotopic (exact) mass is 211 g/mol. The smallest absolute Gasteiger partial charge is 0.412 e. The van der Waals surface area contributed by atoms with Crippen LogP contribution in [-0.2, 0) is 11.8 Å². The standard InChI is InChI=1S/C10H17N3O2/c1-4-8(2)7-15-10(14)11-9-5-6-13(3)12-9/h5-6,8H,4,7H2,1-3H3,(H,11,12,14)/t8-/m1/s1. The number of hydrogen-bond acceptors (Lipinski definition) is 3. The molecule has 0 bridgehead atoms. The second kappa shape index (κ2) is 5.38. The first-order chi connectivity index (χ1) is 7.11. The molecule has 0 spiro atoms. The molecule has 1 aromatic heterocycles. The average Bonchev–Trinajstić information content (AvgIpc) is 2.60. The van der Waals surface area contributed by atoms with Crippen molar-refractivity contribution in [2.45, 2.75) is 20.3 Å². The minimum Gasteiger partial charge on any atom is -0.449 e. The van der Waals surface area contributed by atoms with Crippen molar-refractivity contribution >= 4 is 11.9 Å². The van der Waals surface area contributed by atoms with Gasteiger partial charge in [0.1, 0.15) is 0 Å². The Labute approximate surface area is 89.4 Å². The van der Waals surface area contributed by atoms with Gasteiger partial charge in [0.25, 0.3) is 0 Å². The van der Waals surface area contributed by atoms with Crippen molar-refractivity contribution in [1.29, 1.82) is 0 Å². The number of nitrogens with zero attached hydrogens (tertiary/aromatic N) is 2. The zero-order valence-electron chi connectivity index (χ0n) is 9.36. The highest BCUT2D eigenvalue weighted by Crippen LogP contribution is 2.04. The highest BCUT2D eigenvalue weighted by molar-refractivity contribution is 5.83. The third kappa shape index (κ3) is 4.01. The zero-order valence-corrected chi connectivity index (χ0v) is 9.36. The molecule has 1 heterocycles. The summed E-state index contributed by atoms with van der Waals surface area (Å²) in [6.45, 7) is 4.54. The van der Waals surface area contributed by atoms with E-state index in [1.54, 1.807) is 24.0 Å². The number of nitrogens with one attached hydrogen (secondary N) is 1. The molecule has 0 fully saturated rings. The van der Waals surface area contributed by atoms with E-state index in [4.69, 9.17) is 4.74 Å². The largest absolute Gasteiger partial charge is 0.449 e. The van der Waals surface area contributed by atoms with Crippen LogP contribution in [0.15, 0.2) is 12.3 Å². The van der Waals surface area contributed by atoms with Crippen LogP contribution in [0.4, 0.5) is 10.6 Å². The fourth-order valence-electron chi connectivity index (χ4n) is 0.958. The van der Waals surface area contributed by atoms with Gasteiger partial charge in [0.05, 0.1) is 6.61 Å². The number of hydrogen-bond donors (Lipinski definition) is 1. The predicted molar refractivity (Wildman–Crippen MR) is 57.6 cm³/mol. The maximum Gasteiger partial charge on any atom is 0.412 e. The highest BCUT2D eigenvalue weighted by Gasteiger charge is 2.07. The number of aryl methyl sites for hydroxylation is 1. The van der Waals surface area contributed by atoms with Crippen molar-refractivity contribution in [2.75, 3.05) is 11.9 Å². The van der Waals surface area contributed by atoms with E-state index in [1.165, 1.54) is 0 Å². The molecular formula is C10H17N3O2. The minimum atomic E-state index is -0.450. The predicted octanol–water partition coefficient (Wildman–Crippen LogP) is 2.01. The summed E-state index contributed by atoms with van der Waals surface area (Å²) in [7, 11) is 1.79. The van der Waals surface area contributed by atoms with Gasteiger partial charge in [0.2, 0.25) is 0 Å². The normalized spacial score (nSPS) is 12.2. The number of ether oxygens (including phenoxy) is 1. The van der Waals surface area contributed by atoms with Gasteiger partial charge in [-0.3, -0.25) is 10.00 Å². The minimum absolute atomic E-state index is 0.388. The van der Waals surface area contributed by atoms with Crippen LogP contribution in [0.25, 0.3) is 0 Å². The Balaban J connectivity index is 2.30. The molecule has 84 valence electrons. The topological polar surface area (TPSA) is 56.1 Å². The maximum absolute atomic E-state index is 11.3. The Morgan fingerprint density at radius 2 is 2.47 bits per heavy atom. The van der Waals surface area contributed by atoms with Crippen LogP contribution in [0.5, 0.6) is 0 Å². The Bertz CT molecular complexity index is 322. The van der Waals surface area contributed by atoms with Gasteiger partial charge in [-0.2, -0.15) is 5.10 Å². The number of carbonyl (C=O) groups is 1. The van der Waals surface area contributed by atoms with Gasteiger partial charge in [-0.05, 0) is 5.92 Å². The van der Waals surface area contributed by atoms with Gasteiger partial charge in [-0.15, -0.1) is 0 Å². The van der Waals surface area contributed by atoms with Crippen LogP contribution in [0, 0.1) is 5.92 Å². The van der Waals surface area contributed by atoms with Crippen LogP contribution in [0.1, 0.15) is 20.3 Å².